The highest BCUT2D eigenvalue weighted by atomic mass is 35.5. The summed E-state index contributed by atoms with van der Waals surface area (Å²) in [6.45, 7) is 3.39. The zero-order valence-corrected chi connectivity index (χ0v) is 14.5. The first-order valence-electron chi connectivity index (χ1n) is 7.52. The summed E-state index contributed by atoms with van der Waals surface area (Å²) in [5.41, 5.74) is 1.02. The van der Waals surface area contributed by atoms with E-state index in [0.717, 1.165) is 0 Å². The van der Waals surface area contributed by atoms with E-state index in [1.807, 2.05) is 14.1 Å². The lowest BCUT2D eigenvalue weighted by Gasteiger charge is -2.17. The van der Waals surface area contributed by atoms with Crippen LogP contribution < -0.4 is 10.3 Å². The minimum atomic E-state index is -1.04. The van der Waals surface area contributed by atoms with Crippen LogP contribution in [0.3, 0.4) is 0 Å². The van der Waals surface area contributed by atoms with Gasteiger partial charge in [0.25, 0.3) is 0 Å². The Morgan fingerprint density at radius 2 is 2.00 bits per heavy atom. The van der Waals surface area contributed by atoms with E-state index in [0.29, 0.717) is 38.3 Å². The third-order valence-electron chi connectivity index (χ3n) is 3.99. The molecule has 2 heterocycles. The molecule has 0 bridgehead atoms. The lowest BCUT2D eigenvalue weighted by molar-refractivity contribution is -0.137. The highest BCUT2D eigenvalue weighted by Crippen LogP contribution is 2.28. The topological polar surface area (TPSA) is 75.4 Å². The van der Waals surface area contributed by atoms with E-state index in [-0.39, 0.29) is 12.0 Å². The van der Waals surface area contributed by atoms with Gasteiger partial charge in [-0.05, 0) is 24.3 Å². The van der Waals surface area contributed by atoms with Crippen molar-refractivity contribution in [2.24, 2.45) is 0 Å². The number of aromatic nitrogens is 2. The first kappa shape index (κ1) is 17.0. The maximum Gasteiger partial charge on any atom is 0.323 e. The van der Waals surface area contributed by atoms with Crippen LogP contribution in [0, 0.1) is 0 Å². The number of carboxylic acid groups (broad SMARTS) is 1. The molecule has 0 saturated carbocycles. The number of halogens is 1. The smallest absolute Gasteiger partial charge is 0.323 e. The number of nitrogens with zero attached hydrogens (tertiary/aromatic N) is 3. The molecule has 0 aliphatic rings. The van der Waals surface area contributed by atoms with Crippen molar-refractivity contribution in [1.82, 2.24) is 9.55 Å². The van der Waals surface area contributed by atoms with Gasteiger partial charge < -0.3 is 14.6 Å². The van der Waals surface area contributed by atoms with Crippen LogP contribution in [0.5, 0.6) is 0 Å². The molecule has 1 aromatic carbocycles. The van der Waals surface area contributed by atoms with Gasteiger partial charge in [-0.25, -0.2) is 4.98 Å². The first-order chi connectivity index (χ1) is 11.8. The number of carboxylic acids is 1. The standard InChI is InChI=1S/C18H16ClN3O3/c1-4-10-13(19)7-5-11-16(10)22(9-15(23)24)18-12(17(11)25)6-8-14(20-18)21(2)3/h4-8H,1,9H2,2-3H3,(H,23,24). The third-order valence-corrected chi connectivity index (χ3v) is 4.32. The van der Waals surface area contributed by atoms with Gasteiger partial charge in [0.15, 0.2) is 5.43 Å². The van der Waals surface area contributed by atoms with Crippen molar-refractivity contribution in [2.75, 3.05) is 19.0 Å². The van der Waals surface area contributed by atoms with Gasteiger partial charge in [0, 0.05) is 30.1 Å². The van der Waals surface area contributed by atoms with E-state index in [1.165, 1.54) is 10.6 Å². The second-order valence-corrected chi connectivity index (χ2v) is 6.21. The van der Waals surface area contributed by atoms with Gasteiger partial charge in [-0.2, -0.15) is 0 Å². The van der Waals surface area contributed by atoms with Crippen LogP contribution in [0.1, 0.15) is 5.56 Å². The minimum Gasteiger partial charge on any atom is -0.480 e. The number of hydrogen-bond donors (Lipinski definition) is 1. The SMILES string of the molecule is C=Cc1c(Cl)ccc2c(=O)c3ccc(N(C)C)nc3n(CC(=O)O)c12. The molecular formula is C18H16ClN3O3. The number of rotatable bonds is 4. The lowest BCUT2D eigenvalue weighted by atomic mass is 10.1. The van der Waals surface area contributed by atoms with Crippen molar-refractivity contribution in [1.29, 1.82) is 0 Å². The second kappa shape index (κ2) is 6.22. The Balaban J connectivity index is 2.61. The fourth-order valence-electron chi connectivity index (χ4n) is 2.86. The molecule has 3 rings (SSSR count). The van der Waals surface area contributed by atoms with Gasteiger partial charge in [0.1, 0.15) is 18.0 Å². The summed E-state index contributed by atoms with van der Waals surface area (Å²) in [4.78, 5) is 30.6. The zero-order valence-electron chi connectivity index (χ0n) is 13.8. The molecule has 0 spiro atoms. The molecule has 0 unspecified atom stereocenters. The molecule has 0 aliphatic carbocycles. The number of anilines is 1. The fourth-order valence-corrected chi connectivity index (χ4v) is 3.09. The number of carbonyl (C=O) groups is 1. The molecule has 25 heavy (non-hydrogen) atoms. The molecule has 0 atom stereocenters. The second-order valence-electron chi connectivity index (χ2n) is 5.81. The normalized spacial score (nSPS) is 11.0. The Morgan fingerprint density at radius 3 is 2.60 bits per heavy atom. The Kier molecular flexibility index (Phi) is 4.22. The molecule has 0 fully saturated rings. The van der Waals surface area contributed by atoms with Crippen molar-refractivity contribution < 1.29 is 9.90 Å². The summed E-state index contributed by atoms with van der Waals surface area (Å²) in [5, 5.41) is 10.5. The van der Waals surface area contributed by atoms with Crippen LogP contribution in [0.2, 0.25) is 5.02 Å². The van der Waals surface area contributed by atoms with Gasteiger partial charge in [0.05, 0.1) is 10.9 Å². The molecule has 0 aliphatic heterocycles. The average Bonchev–Trinajstić information content (AvgIpc) is 2.57. The molecule has 3 aromatic rings. The molecule has 0 saturated heterocycles. The summed E-state index contributed by atoms with van der Waals surface area (Å²) in [7, 11) is 3.64. The summed E-state index contributed by atoms with van der Waals surface area (Å²) in [6.07, 6.45) is 1.52. The van der Waals surface area contributed by atoms with Gasteiger partial charge >= 0.3 is 5.97 Å². The van der Waals surface area contributed by atoms with Crippen molar-refractivity contribution in [3.05, 3.63) is 51.7 Å². The van der Waals surface area contributed by atoms with Gasteiger partial charge in [0.2, 0.25) is 0 Å². The fraction of sp³-hybridized carbons (Fsp3) is 0.167. The molecule has 0 amide bonds. The van der Waals surface area contributed by atoms with E-state index in [1.54, 1.807) is 29.2 Å². The van der Waals surface area contributed by atoms with Gasteiger partial charge in [-0.3, -0.25) is 9.59 Å². The average molecular weight is 358 g/mol. The number of hydrogen-bond acceptors (Lipinski definition) is 4. The van der Waals surface area contributed by atoms with Crippen molar-refractivity contribution in [3.8, 4) is 0 Å². The van der Waals surface area contributed by atoms with Crippen LogP contribution in [0.25, 0.3) is 28.0 Å². The third kappa shape index (κ3) is 2.74. The predicted octanol–water partition coefficient (Wildman–Crippen LogP) is 3.00. The molecule has 1 N–H and O–H groups in total. The van der Waals surface area contributed by atoms with E-state index >= 15 is 0 Å². The first-order valence-corrected chi connectivity index (χ1v) is 7.90. The molecule has 6 nitrogen and oxygen atoms in total. The summed E-state index contributed by atoms with van der Waals surface area (Å²) >= 11 is 6.23. The van der Waals surface area contributed by atoms with Crippen molar-refractivity contribution in [2.45, 2.75) is 6.54 Å². The highest BCUT2D eigenvalue weighted by Gasteiger charge is 2.18. The maximum absolute atomic E-state index is 12.9. The molecule has 128 valence electrons. The Morgan fingerprint density at radius 1 is 1.32 bits per heavy atom. The van der Waals surface area contributed by atoms with Gasteiger partial charge in [-0.1, -0.05) is 24.3 Å². The predicted molar refractivity (Wildman–Crippen MR) is 101 cm³/mol. The van der Waals surface area contributed by atoms with E-state index in [2.05, 4.69) is 11.6 Å². The summed E-state index contributed by atoms with van der Waals surface area (Å²) < 4.78 is 1.50. The number of aliphatic carboxylic acids is 1. The molecule has 2 aromatic heterocycles. The zero-order chi connectivity index (χ0) is 18.3. The van der Waals surface area contributed by atoms with Crippen LogP contribution in [0.4, 0.5) is 5.82 Å². The van der Waals surface area contributed by atoms with Crippen molar-refractivity contribution in [3.63, 3.8) is 0 Å². The van der Waals surface area contributed by atoms with Crippen molar-refractivity contribution >= 4 is 51.4 Å². The molecular weight excluding hydrogens is 342 g/mol. The number of fused-ring (bicyclic) bond motifs is 2. The van der Waals surface area contributed by atoms with E-state index < -0.39 is 5.97 Å². The summed E-state index contributed by atoms with van der Waals surface area (Å²) in [6, 6.07) is 6.61. The minimum absolute atomic E-state index is 0.218. The Labute approximate surface area is 148 Å². The highest BCUT2D eigenvalue weighted by molar-refractivity contribution is 6.33. The quantitative estimate of drug-likeness (QED) is 0.726. The molecule has 0 radical (unpaired) electrons. The molecule has 7 heteroatoms. The van der Waals surface area contributed by atoms with Crippen LogP contribution in [0.15, 0.2) is 35.6 Å². The van der Waals surface area contributed by atoms with E-state index in [4.69, 9.17) is 11.6 Å². The monoisotopic (exact) mass is 357 g/mol. The van der Waals surface area contributed by atoms with E-state index in [9.17, 15) is 14.7 Å². The largest absolute Gasteiger partial charge is 0.480 e. The van der Waals surface area contributed by atoms with Crippen LogP contribution >= 0.6 is 11.6 Å². The number of benzene rings is 1. The number of pyridine rings is 2. The lowest BCUT2D eigenvalue weighted by Crippen LogP contribution is -2.19. The summed E-state index contributed by atoms with van der Waals surface area (Å²) in [5.74, 6) is -0.425. The maximum atomic E-state index is 12.9. The Hall–Kier alpha value is -2.86. The van der Waals surface area contributed by atoms with Crippen LogP contribution in [-0.4, -0.2) is 34.7 Å². The van der Waals surface area contributed by atoms with Gasteiger partial charge in [-0.15, -0.1) is 0 Å². The Bertz CT molecular complexity index is 1090. The van der Waals surface area contributed by atoms with Crippen LogP contribution in [-0.2, 0) is 11.3 Å².